The van der Waals surface area contributed by atoms with Gasteiger partial charge in [0.1, 0.15) is 0 Å². The number of amides is 1. The molecule has 20 heavy (non-hydrogen) atoms. The Balaban J connectivity index is 2.08. The van der Waals surface area contributed by atoms with Gasteiger partial charge in [-0.2, -0.15) is 0 Å². The van der Waals surface area contributed by atoms with Crippen LogP contribution in [0, 0.1) is 12.8 Å². The zero-order chi connectivity index (χ0) is 14.7. The van der Waals surface area contributed by atoms with Crippen molar-refractivity contribution in [3.05, 3.63) is 34.3 Å². The lowest BCUT2D eigenvalue weighted by atomic mass is 9.94. The molecule has 1 aliphatic rings. The maximum Gasteiger partial charge on any atom is 0.303 e. The number of carboxylic acids is 1. The highest BCUT2D eigenvalue weighted by molar-refractivity contribution is 6.31. The fraction of sp³-hybridized carbons (Fsp3) is 0.467. The third-order valence-electron chi connectivity index (χ3n) is 3.69. The van der Waals surface area contributed by atoms with Gasteiger partial charge < -0.3 is 10.0 Å². The van der Waals surface area contributed by atoms with Crippen LogP contribution in [0.1, 0.15) is 35.2 Å². The number of piperidine rings is 1. The number of carbonyl (C=O) groups excluding carboxylic acids is 1. The van der Waals surface area contributed by atoms with Gasteiger partial charge in [-0.3, -0.25) is 9.59 Å². The SMILES string of the molecule is Cc1ccc(C(=O)N2CCCC(CC(=O)O)C2)cc1Cl. The first-order chi connectivity index (χ1) is 9.47. The molecule has 5 heteroatoms. The fourth-order valence-corrected chi connectivity index (χ4v) is 2.75. The predicted molar refractivity (Wildman–Crippen MR) is 77.1 cm³/mol. The second-order valence-electron chi connectivity index (χ2n) is 5.32. The molecule has 1 atom stereocenters. The number of hydrogen-bond donors (Lipinski definition) is 1. The van der Waals surface area contributed by atoms with E-state index in [1.54, 1.807) is 17.0 Å². The van der Waals surface area contributed by atoms with Crippen molar-refractivity contribution >= 4 is 23.5 Å². The third-order valence-corrected chi connectivity index (χ3v) is 4.10. The monoisotopic (exact) mass is 295 g/mol. The number of carbonyl (C=O) groups is 2. The molecule has 1 saturated heterocycles. The summed E-state index contributed by atoms with van der Waals surface area (Å²) >= 11 is 6.05. The average Bonchev–Trinajstić information content (AvgIpc) is 2.40. The van der Waals surface area contributed by atoms with Crippen LogP contribution in [-0.2, 0) is 4.79 Å². The Morgan fingerprint density at radius 1 is 1.45 bits per heavy atom. The summed E-state index contributed by atoms with van der Waals surface area (Å²) in [6.45, 7) is 3.08. The van der Waals surface area contributed by atoms with Crippen LogP contribution in [0.25, 0.3) is 0 Å². The molecular formula is C15H18ClNO3. The van der Waals surface area contributed by atoms with Crippen LogP contribution in [0.5, 0.6) is 0 Å². The van der Waals surface area contributed by atoms with Gasteiger partial charge in [-0.05, 0) is 43.4 Å². The van der Waals surface area contributed by atoms with Crippen molar-refractivity contribution in [3.63, 3.8) is 0 Å². The minimum Gasteiger partial charge on any atom is -0.481 e. The number of benzene rings is 1. The van der Waals surface area contributed by atoms with E-state index in [-0.39, 0.29) is 18.2 Å². The van der Waals surface area contributed by atoms with Gasteiger partial charge in [-0.15, -0.1) is 0 Å². The summed E-state index contributed by atoms with van der Waals surface area (Å²) in [5.41, 5.74) is 1.50. The second-order valence-corrected chi connectivity index (χ2v) is 5.73. The number of likely N-dealkylation sites (tertiary alicyclic amines) is 1. The Bertz CT molecular complexity index is 530. The van der Waals surface area contributed by atoms with Crippen molar-refractivity contribution < 1.29 is 14.7 Å². The Hall–Kier alpha value is -1.55. The molecule has 1 heterocycles. The number of carboxylic acid groups (broad SMARTS) is 1. The van der Waals surface area contributed by atoms with Crippen LogP contribution in [0.15, 0.2) is 18.2 Å². The van der Waals surface area contributed by atoms with Gasteiger partial charge in [0.25, 0.3) is 5.91 Å². The summed E-state index contributed by atoms with van der Waals surface area (Å²) in [5.74, 6) is -0.823. The van der Waals surface area contributed by atoms with Crippen molar-refractivity contribution in [2.75, 3.05) is 13.1 Å². The topological polar surface area (TPSA) is 57.6 Å². The lowest BCUT2D eigenvalue weighted by Crippen LogP contribution is -2.40. The Morgan fingerprint density at radius 2 is 2.20 bits per heavy atom. The molecule has 1 fully saturated rings. The van der Waals surface area contributed by atoms with Gasteiger partial charge >= 0.3 is 5.97 Å². The lowest BCUT2D eigenvalue weighted by Gasteiger charge is -2.32. The summed E-state index contributed by atoms with van der Waals surface area (Å²) < 4.78 is 0. The zero-order valence-electron chi connectivity index (χ0n) is 11.4. The summed E-state index contributed by atoms with van der Waals surface area (Å²) in [5, 5.41) is 9.43. The van der Waals surface area contributed by atoms with Crippen LogP contribution in [-0.4, -0.2) is 35.0 Å². The molecular weight excluding hydrogens is 278 g/mol. The number of nitrogens with zero attached hydrogens (tertiary/aromatic N) is 1. The molecule has 1 N–H and O–H groups in total. The van der Waals surface area contributed by atoms with Gasteiger partial charge in [0.2, 0.25) is 0 Å². The Labute approximate surface area is 123 Å². The number of aliphatic carboxylic acids is 1. The Kier molecular flexibility index (Phi) is 4.65. The third kappa shape index (κ3) is 3.51. The van der Waals surface area contributed by atoms with Gasteiger partial charge in [0, 0.05) is 30.1 Å². The number of hydrogen-bond acceptors (Lipinski definition) is 2. The maximum atomic E-state index is 12.4. The molecule has 1 aliphatic heterocycles. The van der Waals surface area contributed by atoms with E-state index in [4.69, 9.17) is 16.7 Å². The summed E-state index contributed by atoms with van der Waals surface area (Å²) in [6.07, 6.45) is 1.84. The summed E-state index contributed by atoms with van der Waals surface area (Å²) in [7, 11) is 0. The number of rotatable bonds is 3. The van der Waals surface area contributed by atoms with Gasteiger partial charge in [0.15, 0.2) is 0 Å². The molecule has 1 aromatic rings. The van der Waals surface area contributed by atoms with Gasteiger partial charge in [-0.25, -0.2) is 0 Å². The van der Waals surface area contributed by atoms with Crippen LogP contribution in [0.3, 0.4) is 0 Å². The quantitative estimate of drug-likeness (QED) is 0.932. The van der Waals surface area contributed by atoms with Crippen molar-refractivity contribution in [2.45, 2.75) is 26.2 Å². The van der Waals surface area contributed by atoms with Gasteiger partial charge in [0.05, 0.1) is 0 Å². The molecule has 1 aromatic carbocycles. The molecule has 4 nitrogen and oxygen atoms in total. The first-order valence-corrected chi connectivity index (χ1v) is 7.12. The molecule has 0 spiro atoms. The first-order valence-electron chi connectivity index (χ1n) is 6.74. The van der Waals surface area contributed by atoms with E-state index in [2.05, 4.69) is 0 Å². The van der Waals surface area contributed by atoms with E-state index in [0.29, 0.717) is 23.7 Å². The van der Waals surface area contributed by atoms with Crippen LogP contribution >= 0.6 is 11.6 Å². The zero-order valence-corrected chi connectivity index (χ0v) is 12.2. The largest absolute Gasteiger partial charge is 0.481 e. The molecule has 1 unspecified atom stereocenters. The number of aryl methyl sites for hydroxylation is 1. The maximum absolute atomic E-state index is 12.4. The predicted octanol–water partition coefficient (Wildman–Crippen LogP) is 2.98. The van der Waals surface area contributed by atoms with E-state index in [9.17, 15) is 9.59 Å². The highest BCUT2D eigenvalue weighted by Crippen LogP contribution is 2.23. The minimum atomic E-state index is -0.803. The van der Waals surface area contributed by atoms with Crippen LogP contribution < -0.4 is 0 Å². The van der Waals surface area contributed by atoms with E-state index >= 15 is 0 Å². The highest BCUT2D eigenvalue weighted by atomic mass is 35.5. The molecule has 0 aliphatic carbocycles. The van der Waals surface area contributed by atoms with E-state index in [0.717, 1.165) is 18.4 Å². The number of halogens is 1. The average molecular weight is 296 g/mol. The smallest absolute Gasteiger partial charge is 0.303 e. The van der Waals surface area contributed by atoms with Crippen molar-refractivity contribution in [3.8, 4) is 0 Å². The fourth-order valence-electron chi connectivity index (χ4n) is 2.57. The molecule has 0 bridgehead atoms. The first kappa shape index (κ1) is 14.9. The molecule has 108 valence electrons. The highest BCUT2D eigenvalue weighted by Gasteiger charge is 2.26. The van der Waals surface area contributed by atoms with Crippen molar-refractivity contribution in [1.29, 1.82) is 0 Å². The molecule has 0 aromatic heterocycles. The summed E-state index contributed by atoms with van der Waals surface area (Å²) in [4.78, 5) is 24.9. The molecule has 0 radical (unpaired) electrons. The molecule has 1 amide bonds. The van der Waals surface area contributed by atoms with E-state index in [1.165, 1.54) is 0 Å². The second kappa shape index (κ2) is 6.27. The van der Waals surface area contributed by atoms with E-state index < -0.39 is 5.97 Å². The van der Waals surface area contributed by atoms with E-state index in [1.807, 2.05) is 13.0 Å². The minimum absolute atomic E-state index is 0.0473. The molecule has 0 saturated carbocycles. The molecule has 2 rings (SSSR count). The van der Waals surface area contributed by atoms with Crippen LogP contribution in [0.2, 0.25) is 5.02 Å². The van der Waals surface area contributed by atoms with Crippen molar-refractivity contribution in [2.24, 2.45) is 5.92 Å². The normalized spacial score (nSPS) is 18.9. The standard InChI is InChI=1S/C15H18ClNO3/c1-10-4-5-12(8-13(10)16)15(20)17-6-2-3-11(9-17)7-14(18)19/h4-5,8,11H,2-3,6-7,9H2,1H3,(H,18,19). The lowest BCUT2D eigenvalue weighted by molar-refractivity contribution is -0.138. The van der Waals surface area contributed by atoms with Crippen molar-refractivity contribution in [1.82, 2.24) is 4.90 Å². The van der Waals surface area contributed by atoms with Gasteiger partial charge in [-0.1, -0.05) is 17.7 Å². The van der Waals surface area contributed by atoms with Crippen LogP contribution in [0.4, 0.5) is 0 Å². The Morgan fingerprint density at radius 3 is 2.85 bits per heavy atom. The summed E-state index contributed by atoms with van der Waals surface area (Å²) in [6, 6.07) is 5.28.